The van der Waals surface area contributed by atoms with Crippen LogP contribution in [0.4, 0.5) is 10.1 Å². The van der Waals surface area contributed by atoms with Crippen LogP contribution in [-0.2, 0) is 16.6 Å². The van der Waals surface area contributed by atoms with Crippen LogP contribution < -0.4 is 5.73 Å². The Labute approximate surface area is 135 Å². The summed E-state index contributed by atoms with van der Waals surface area (Å²) in [6, 6.07) is 5.95. The van der Waals surface area contributed by atoms with Gasteiger partial charge in [-0.1, -0.05) is 13.0 Å². The molecule has 114 valence electrons. The van der Waals surface area contributed by atoms with Gasteiger partial charge in [-0.2, -0.15) is 4.31 Å². The third kappa shape index (κ3) is 3.45. The topological polar surface area (TPSA) is 63.4 Å². The van der Waals surface area contributed by atoms with E-state index in [2.05, 4.69) is 15.9 Å². The smallest absolute Gasteiger partial charge is 0.244 e. The molecule has 0 saturated heterocycles. The lowest BCUT2D eigenvalue weighted by Gasteiger charge is -2.21. The second-order valence-corrected chi connectivity index (χ2v) is 8.11. The third-order valence-corrected chi connectivity index (χ3v) is 6.67. The van der Waals surface area contributed by atoms with Crippen molar-refractivity contribution in [3.05, 3.63) is 44.8 Å². The van der Waals surface area contributed by atoms with Gasteiger partial charge < -0.3 is 5.73 Å². The average Bonchev–Trinajstić information content (AvgIpc) is 2.92. The largest absolute Gasteiger partial charge is 0.396 e. The van der Waals surface area contributed by atoms with E-state index in [0.717, 1.165) is 17.0 Å². The number of hydrogen-bond acceptors (Lipinski definition) is 4. The number of thiophene rings is 1. The number of sulfonamides is 1. The molecule has 0 bridgehead atoms. The number of rotatable bonds is 5. The minimum Gasteiger partial charge on any atom is -0.396 e. The van der Waals surface area contributed by atoms with Crippen molar-refractivity contribution in [2.75, 3.05) is 12.3 Å². The second-order valence-electron chi connectivity index (χ2n) is 4.31. The number of nitrogens with two attached hydrogens (primary N) is 1. The molecule has 0 saturated carbocycles. The Kier molecular flexibility index (Phi) is 5.03. The molecule has 0 spiro atoms. The molecule has 0 unspecified atom stereocenters. The number of hydrogen-bond donors (Lipinski definition) is 1. The average molecular weight is 393 g/mol. The van der Waals surface area contributed by atoms with Crippen molar-refractivity contribution < 1.29 is 12.8 Å². The van der Waals surface area contributed by atoms with E-state index in [0.29, 0.717) is 6.54 Å². The Bertz CT molecular complexity index is 733. The lowest BCUT2D eigenvalue weighted by atomic mass is 10.3. The number of benzene rings is 1. The quantitative estimate of drug-likeness (QED) is 0.792. The Morgan fingerprint density at radius 2 is 2.14 bits per heavy atom. The number of anilines is 1. The molecule has 1 aromatic carbocycles. The molecule has 0 aliphatic rings. The van der Waals surface area contributed by atoms with Crippen LogP contribution in [-0.4, -0.2) is 19.3 Å². The summed E-state index contributed by atoms with van der Waals surface area (Å²) >= 11 is 4.58. The zero-order valence-electron chi connectivity index (χ0n) is 11.2. The molecule has 0 atom stereocenters. The Hall–Kier alpha value is -0.960. The predicted molar refractivity (Wildman–Crippen MR) is 86.1 cm³/mol. The number of halogens is 2. The highest BCUT2D eigenvalue weighted by Gasteiger charge is 2.27. The summed E-state index contributed by atoms with van der Waals surface area (Å²) in [5.41, 5.74) is 5.30. The van der Waals surface area contributed by atoms with Gasteiger partial charge in [-0.05, 0) is 39.5 Å². The standard InChI is InChI=1S/C13H14BrFN2O2S2/c1-2-17(8-9-4-3-5-20-9)21(18,19)13-7-12(16)11(15)6-10(13)14/h3-7H,2,8,16H2,1H3. The molecule has 0 aliphatic heterocycles. The van der Waals surface area contributed by atoms with Gasteiger partial charge in [0.2, 0.25) is 10.0 Å². The zero-order chi connectivity index (χ0) is 15.6. The van der Waals surface area contributed by atoms with Crippen LogP contribution >= 0.6 is 27.3 Å². The van der Waals surface area contributed by atoms with Gasteiger partial charge in [-0.25, -0.2) is 12.8 Å². The van der Waals surface area contributed by atoms with Crippen LogP contribution in [0.3, 0.4) is 0 Å². The molecule has 2 rings (SSSR count). The van der Waals surface area contributed by atoms with E-state index in [9.17, 15) is 12.8 Å². The first kappa shape index (κ1) is 16.4. The first-order valence-electron chi connectivity index (χ1n) is 6.13. The van der Waals surface area contributed by atoms with Crippen LogP contribution in [0.5, 0.6) is 0 Å². The van der Waals surface area contributed by atoms with Gasteiger partial charge in [-0.3, -0.25) is 0 Å². The molecule has 1 aromatic heterocycles. The molecular weight excluding hydrogens is 379 g/mol. The van der Waals surface area contributed by atoms with Crippen molar-refractivity contribution in [1.82, 2.24) is 4.31 Å². The molecule has 1 heterocycles. The van der Waals surface area contributed by atoms with Gasteiger partial charge in [-0.15, -0.1) is 11.3 Å². The van der Waals surface area contributed by atoms with E-state index < -0.39 is 15.8 Å². The molecule has 0 radical (unpaired) electrons. The zero-order valence-corrected chi connectivity index (χ0v) is 14.4. The Balaban J connectivity index is 2.42. The number of nitrogens with zero attached hydrogens (tertiary/aromatic N) is 1. The van der Waals surface area contributed by atoms with E-state index in [1.54, 1.807) is 6.92 Å². The maximum atomic E-state index is 13.4. The van der Waals surface area contributed by atoms with Crippen LogP contribution in [0.1, 0.15) is 11.8 Å². The van der Waals surface area contributed by atoms with E-state index in [4.69, 9.17) is 5.73 Å². The highest BCUT2D eigenvalue weighted by molar-refractivity contribution is 9.10. The van der Waals surface area contributed by atoms with E-state index >= 15 is 0 Å². The molecule has 0 fully saturated rings. The van der Waals surface area contributed by atoms with Crippen molar-refractivity contribution in [2.45, 2.75) is 18.4 Å². The second kappa shape index (κ2) is 6.43. The van der Waals surface area contributed by atoms with Crippen molar-refractivity contribution in [2.24, 2.45) is 0 Å². The predicted octanol–water partition coefficient (Wildman–Crippen LogP) is 3.44. The van der Waals surface area contributed by atoms with Crippen LogP contribution in [0.2, 0.25) is 0 Å². The SMILES string of the molecule is CCN(Cc1cccs1)S(=O)(=O)c1cc(N)c(F)cc1Br. The Morgan fingerprint density at radius 3 is 2.71 bits per heavy atom. The fourth-order valence-corrected chi connectivity index (χ4v) is 5.06. The lowest BCUT2D eigenvalue weighted by molar-refractivity contribution is 0.426. The summed E-state index contributed by atoms with van der Waals surface area (Å²) < 4.78 is 40.3. The van der Waals surface area contributed by atoms with Crippen molar-refractivity contribution in [3.8, 4) is 0 Å². The van der Waals surface area contributed by atoms with Crippen LogP contribution in [0.15, 0.2) is 39.0 Å². The first-order chi connectivity index (χ1) is 9.86. The highest BCUT2D eigenvalue weighted by Crippen LogP contribution is 2.30. The van der Waals surface area contributed by atoms with Gasteiger partial charge in [0, 0.05) is 22.4 Å². The summed E-state index contributed by atoms with van der Waals surface area (Å²) in [6.45, 7) is 2.34. The normalized spacial score (nSPS) is 12.0. The van der Waals surface area contributed by atoms with Gasteiger partial charge in [0.25, 0.3) is 0 Å². The van der Waals surface area contributed by atoms with E-state index in [1.165, 1.54) is 15.6 Å². The minimum absolute atomic E-state index is 0.0280. The van der Waals surface area contributed by atoms with E-state index in [-0.39, 0.29) is 21.6 Å². The molecular formula is C13H14BrFN2O2S2. The minimum atomic E-state index is -3.75. The fraction of sp³-hybridized carbons (Fsp3) is 0.231. The summed E-state index contributed by atoms with van der Waals surface area (Å²) in [5, 5.41) is 1.89. The summed E-state index contributed by atoms with van der Waals surface area (Å²) in [7, 11) is -3.75. The molecule has 0 aliphatic carbocycles. The van der Waals surface area contributed by atoms with Gasteiger partial charge >= 0.3 is 0 Å². The monoisotopic (exact) mass is 392 g/mol. The summed E-state index contributed by atoms with van der Waals surface area (Å²) in [6.07, 6.45) is 0. The lowest BCUT2D eigenvalue weighted by Crippen LogP contribution is -2.30. The fourth-order valence-electron chi connectivity index (χ4n) is 1.82. The molecule has 4 nitrogen and oxygen atoms in total. The van der Waals surface area contributed by atoms with Gasteiger partial charge in [0.1, 0.15) is 5.82 Å². The van der Waals surface area contributed by atoms with E-state index in [1.807, 2.05) is 17.5 Å². The highest BCUT2D eigenvalue weighted by atomic mass is 79.9. The summed E-state index contributed by atoms with van der Waals surface area (Å²) in [5.74, 6) is -0.651. The van der Waals surface area contributed by atoms with Crippen molar-refractivity contribution in [3.63, 3.8) is 0 Å². The third-order valence-electron chi connectivity index (χ3n) is 2.93. The maximum Gasteiger partial charge on any atom is 0.244 e. The molecule has 2 N–H and O–H groups in total. The molecule has 21 heavy (non-hydrogen) atoms. The van der Waals surface area contributed by atoms with Gasteiger partial charge in [0.15, 0.2) is 0 Å². The first-order valence-corrected chi connectivity index (χ1v) is 9.24. The molecule has 8 heteroatoms. The van der Waals surface area contributed by atoms with Gasteiger partial charge in [0.05, 0.1) is 10.6 Å². The maximum absolute atomic E-state index is 13.4. The Morgan fingerprint density at radius 1 is 1.43 bits per heavy atom. The molecule has 2 aromatic rings. The number of nitrogen functional groups attached to an aromatic ring is 1. The molecule has 0 amide bonds. The van der Waals surface area contributed by atoms with Crippen LogP contribution in [0.25, 0.3) is 0 Å². The van der Waals surface area contributed by atoms with Crippen molar-refractivity contribution in [1.29, 1.82) is 0 Å². The van der Waals surface area contributed by atoms with Crippen molar-refractivity contribution >= 4 is 43.0 Å². The summed E-state index contributed by atoms with van der Waals surface area (Å²) in [4.78, 5) is 0.909. The van der Waals surface area contributed by atoms with Crippen LogP contribution in [0, 0.1) is 5.82 Å².